The van der Waals surface area contributed by atoms with E-state index in [1.54, 1.807) is 0 Å². The van der Waals surface area contributed by atoms with Gasteiger partial charge in [-0.15, -0.1) is 0 Å². The van der Waals surface area contributed by atoms with Crippen LogP contribution in [0.2, 0.25) is 0 Å². The van der Waals surface area contributed by atoms with Crippen LogP contribution in [-0.2, 0) is 4.79 Å². The van der Waals surface area contributed by atoms with Crippen molar-refractivity contribution in [3.8, 4) is 0 Å². The van der Waals surface area contributed by atoms with Crippen molar-refractivity contribution in [1.82, 2.24) is 10.6 Å². The molecule has 1 aliphatic rings. The highest BCUT2D eigenvalue weighted by Crippen LogP contribution is 2.29. The van der Waals surface area contributed by atoms with Crippen molar-refractivity contribution in [2.75, 3.05) is 13.1 Å². The molecule has 1 fully saturated rings. The Hall–Kier alpha value is -1.35. The summed E-state index contributed by atoms with van der Waals surface area (Å²) < 4.78 is 0. The van der Waals surface area contributed by atoms with Gasteiger partial charge in [0.15, 0.2) is 0 Å². The zero-order valence-electron chi connectivity index (χ0n) is 13.5. The first-order valence-electron chi connectivity index (χ1n) is 8.02. The normalized spacial score (nSPS) is 20.8. The maximum Gasteiger partial charge on any atom is 0.224 e. The van der Waals surface area contributed by atoms with Crippen molar-refractivity contribution in [2.45, 2.75) is 46.1 Å². The van der Waals surface area contributed by atoms with Gasteiger partial charge in [0.25, 0.3) is 0 Å². The molecule has 1 aromatic rings. The van der Waals surface area contributed by atoms with E-state index >= 15 is 0 Å². The van der Waals surface area contributed by atoms with E-state index in [1.165, 1.54) is 5.56 Å². The van der Waals surface area contributed by atoms with Crippen LogP contribution in [0.3, 0.4) is 0 Å². The minimum Gasteiger partial charge on any atom is -0.349 e. The number of hydrogen-bond acceptors (Lipinski definition) is 2. The first-order valence-corrected chi connectivity index (χ1v) is 8.02. The van der Waals surface area contributed by atoms with Crippen LogP contribution < -0.4 is 10.6 Å². The molecule has 1 unspecified atom stereocenters. The summed E-state index contributed by atoms with van der Waals surface area (Å²) in [4.78, 5) is 12.5. The number of amides is 1. The first kappa shape index (κ1) is 16.0. The zero-order chi connectivity index (χ0) is 15.3. The standard InChI is InChI=1S/C18H28N2O/c1-18(2,3)12-16(14-8-5-4-6-9-14)20-17(21)15-10-7-11-19-13-15/h4-6,8-9,15-16,19H,7,10-13H2,1-3H3,(H,20,21)/t15-,16?/m1/s1. The summed E-state index contributed by atoms with van der Waals surface area (Å²) in [6.45, 7) is 8.50. The maximum absolute atomic E-state index is 12.5. The predicted molar refractivity (Wildman–Crippen MR) is 87.0 cm³/mol. The average molecular weight is 288 g/mol. The van der Waals surface area contributed by atoms with Crippen LogP contribution in [0.15, 0.2) is 30.3 Å². The van der Waals surface area contributed by atoms with E-state index in [9.17, 15) is 4.79 Å². The van der Waals surface area contributed by atoms with Crippen molar-refractivity contribution in [3.05, 3.63) is 35.9 Å². The van der Waals surface area contributed by atoms with Gasteiger partial charge < -0.3 is 10.6 Å². The fourth-order valence-corrected chi connectivity index (χ4v) is 2.92. The molecule has 0 saturated carbocycles. The predicted octanol–water partition coefficient (Wildman–Crippen LogP) is 3.28. The van der Waals surface area contributed by atoms with Crippen molar-refractivity contribution in [1.29, 1.82) is 0 Å². The fourth-order valence-electron chi connectivity index (χ4n) is 2.92. The van der Waals surface area contributed by atoms with Crippen LogP contribution in [0.25, 0.3) is 0 Å². The highest BCUT2D eigenvalue weighted by atomic mass is 16.2. The number of benzene rings is 1. The SMILES string of the molecule is CC(C)(C)CC(NC(=O)[C@@H]1CCCNC1)c1ccccc1. The lowest BCUT2D eigenvalue weighted by atomic mass is 9.85. The third kappa shape index (κ3) is 5.16. The van der Waals surface area contributed by atoms with Gasteiger partial charge in [0.1, 0.15) is 0 Å². The van der Waals surface area contributed by atoms with Gasteiger partial charge in [0.2, 0.25) is 5.91 Å². The first-order chi connectivity index (χ1) is 9.96. The Kier molecular flexibility index (Phi) is 5.40. The third-order valence-corrected chi connectivity index (χ3v) is 4.00. The molecule has 0 aliphatic carbocycles. The number of piperidine rings is 1. The second-order valence-electron chi connectivity index (χ2n) is 7.28. The highest BCUT2D eigenvalue weighted by Gasteiger charge is 2.26. The van der Waals surface area contributed by atoms with Crippen molar-refractivity contribution < 1.29 is 4.79 Å². The number of carbonyl (C=O) groups is 1. The van der Waals surface area contributed by atoms with Crippen molar-refractivity contribution in [2.24, 2.45) is 11.3 Å². The molecule has 1 saturated heterocycles. The second kappa shape index (κ2) is 7.08. The monoisotopic (exact) mass is 288 g/mol. The van der Waals surface area contributed by atoms with Gasteiger partial charge in [0.05, 0.1) is 12.0 Å². The molecule has 0 spiro atoms. The molecule has 1 aromatic carbocycles. The molecule has 2 rings (SSSR count). The number of rotatable bonds is 4. The lowest BCUT2D eigenvalue weighted by Gasteiger charge is -2.30. The highest BCUT2D eigenvalue weighted by molar-refractivity contribution is 5.79. The van der Waals surface area contributed by atoms with Gasteiger partial charge in [-0.3, -0.25) is 4.79 Å². The molecule has 116 valence electrons. The van der Waals surface area contributed by atoms with Crippen molar-refractivity contribution in [3.63, 3.8) is 0 Å². The molecular weight excluding hydrogens is 260 g/mol. The van der Waals surface area contributed by atoms with Gasteiger partial charge in [-0.25, -0.2) is 0 Å². The molecular formula is C18H28N2O. The van der Waals surface area contributed by atoms with Gasteiger partial charge in [-0.1, -0.05) is 51.1 Å². The minimum atomic E-state index is 0.0978. The Labute approximate surface area is 128 Å². The van der Waals surface area contributed by atoms with E-state index < -0.39 is 0 Å². The Bertz CT molecular complexity index is 444. The van der Waals surface area contributed by atoms with Crippen LogP contribution in [0, 0.1) is 11.3 Å². The molecule has 1 aliphatic heterocycles. The molecule has 2 N–H and O–H groups in total. The summed E-state index contributed by atoms with van der Waals surface area (Å²) in [7, 11) is 0. The van der Waals surface area contributed by atoms with Crippen LogP contribution in [-0.4, -0.2) is 19.0 Å². The summed E-state index contributed by atoms with van der Waals surface area (Å²) in [5.41, 5.74) is 1.38. The molecule has 0 bridgehead atoms. The van der Waals surface area contributed by atoms with E-state index in [0.717, 1.165) is 32.4 Å². The largest absolute Gasteiger partial charge is 0.349 e. The van der Waals surface area contributed by atoms with Gasteiger partial charge >= 0.3 is 0 Å². The van der Waals surface area contributed by atoms with E-state index in [1.807, 2.05) is 18.2 Å². The Morgan fingerprint density at radius 2 is 2.05 bits per heavy atom. The quantitative estimate of drug-likeness (QED) is 0.892. The van der Waals surface area contributed by atoms with Crippen LogP contribution in [0.5, 0.6) is 0 Å². The fraction of sp³-hybridized carbons (Fsp3) is 0.611. The number of carbonyl (C=O) groups excluding carboxylic acids is 1. The molecule has 3 nitrogen and oxygen atoms in total. The van der Waals surface area contributed by atoms with E-state index in [2.05, 4.69) is 43.5 Å². The van der Waals surface area contributed by atoms with Gasteiger partial charge in [-0.2, -0.15) is 0 Å². The molecule has 0 aromatic heterocycles. The molecule has 3 heteroatoms. The maximum atomic E-state index is 12.5. The Balaban J connectivity index is 2.06. The van der Waals surface area contributed by atoms with E-state index in [4.69, 9.17) is 0 Å². The topological polar surface area (TPSA) is 41.1 Å². The zero-order valence-corrected chi connectivity index (χ0v) is 13.5. The summed E-state index contributed by atoms with van der Waals surface area (Å²) in [6, 6.07) is 10.4. The van der Waals surface area contributed by atoms with Gasteiger partial charge in [0, 0.05) is 6.54 Å². The Morgan fingerprint density at radius 3 is 2.62 bits per heavy atom. The molecule has 21 heavy (non-hydrogen) atoms. The van der Waals surface area contributed by atoms with Crippen LogP contribution >= 0.6 is 0 Å². The lowest BCUT2D eigenvalue weighted by Crippen LogP contribution is -2.42. The van der Waals surface area contributed by atoms with Crippen LogP contribution in [0.4, 0.5) is 0 Å². The van der Waals surface area contributed by atoms with Gasteiger partial charge in [-0.05, 0) is 36.8 Å². The molecule has 1 amide bonds. The molecule has 2 atom stereocenters. The summed E-state index contributed by atoms with van der Waals surface area (Å²) in [6.07, 6.45) is 3.03. The Morgan fingerprint density at radius 1 is 1.33 bits per heavy atom. The second-order valence-corrected chi connectivity index (χ2v) is 7.28. The summed E-state index contributed by atoms with van der Waals surface area (Å²) in [5, 5.41) is 6.60. The van der Waals surface area contributed by atoms with Crippen molar-refractivity contribution >= 4 is 5.91 Å². The lowest BCUT2D eigenvalue weighted by molar-refractivity contribution is -0.126. The third-order valence-electron chi connectivity index (χ3n) is 4.00. The summed E-state index contributed by atoms with van der Waals surface area (Å²) in [5.74, 6) is 0.310. The summed E-state index contributed by atoms with van der Waals surface area (Å²) >= 11 is 0. The number of hydrogen-bond donors (Lipinski definition) is 2. The molecule has 1 heterocycles. The average Bonchev–Trinajstić information content (AvgIpc) is 2.47. The number of nitrogens with one attached hydrogen (secondary N) is 2. The minimum absolute atomic E-state index is 0.0978. The molecule has 0 radical (unpaired) electrons. The van der Waals surface area contributed by atoms with Crippen LogP contribution in [0.1, 0.15) is 51.6 Å². The smallest absolute Gasteiger partial charge is 0.224 e. The van der Waals surface area contributed by atoms with E-state index in [-0.39, 0.29) is 23.3 Å². The van der Waals surface area contributed by atoms with E-state index in [0.29, 0.717) is 0 Å².